The van der Waals surface area contributed by atoms with Gasteiger partial charge in [0.15, 0.2) is 0 Å². The second kappa shape index (κ2) is 2.51. The fourth-order valence-corrected chi connectivity index (χ4v) is 0.581. The van der Waals surface area contributed by atoms with E-state index in [1.165, 1.54) is 0 Å². The molecule has 3 heteroatoms. The quantitative estimate of drug-likeness (QED) is 0.390. The summed E-state index contributed by atoms with van der Waals surface area (Å²) < 4.78 is 13.8. The van der Waals surface area contributed by atoms with E-state index >= 15 is 0 Å². The number of hydrogen-bond donors (Lipinski definition) is 0. The van der Waals surface area contributed by atoms with Gasteiger partial charge < -0.3 is 4.55 Å². The fraction of sp³-hybridized carbons (Fsp3) is 0.800. The first-order chi connectivity index (χ1) is 3.48. The maximum absolute atomic E-state index is 10.7. The lowest BCUT2D eigenvalue weighted by molar-refractivity contribution is 0.562. The van der Waals surface area contributed by atoms with Gasteiger partial charge in [-0.3, -0.25) is 0 Å². The standard InChI is InChI=1S/C5H11NOS/c1-5(2,3)8(7)6-4/h4H2,1-3H3. The normalized spacial score (nSPS) is 15.5. The summed E-state index contributed by atoms with van der Waals surface area (Å²) in [6, 6.07) is 0. The number of rotatable bonds is 1. The van der Waals surface area contributed by atoms with E-state index in [1.807, 2.05) is 20.8 Å². The molecule has 0 saturated heterocycles. The van der Waals surface area contributed by atoms with Crippen LogP contribution >= 0.6 is 0 Å². The molecule has 0 heterocycles. The predicted octanol–water partition coefficient (Wildman–Crippen LogP) is 1.15. The van der Waals surface area contributed by atoms with E-state index in [2.05, 4.69) is 11.1 Å². The third-order valence-corrected chi connectivity index (χ3v) is 1.92. The molecule has 0 aromatic carbocycles. The molecule has 0 aliphatic heterocycles. The molecular formula is C5H11NOS. The summed E-state index contributed by atoms with van der Waals surface area (Å²) in [6.07, 6.45) is 0. The maximum Gasteiger partial charge on any atom is 0.144 e. The van der Waals surface area contributed by atoms with Crippen molar-refractivity contribution in [3.05, 3.63) is 0 Å². The molecule has 0 bridgehead atoms. The van der Waals surface area contributed by atoms with Gasteiger partial charge in [0.1, 0.15) is 4.75 Å². The average molecular weight is 133 g/mol. The Kier molecular flexibility index (Phi) is 2.50. The highest BCUT2D eigenvalue weighted by Crippen LogP contribution is 2.15. The molecule has 0 radical (unpaired) electrons. The number of hydrogen-bond acceptors (Lipinski definition) is 2. The lowest BCUT2D eigenvalue weighted by Gasteiger charge is -2.16. The molecule has 0 aliphatic carbocycles. The molecule has 8 heavy (non-hydrogen) atoms. The molecular weight excluding hydrogens is 122 g/mol. The van der Waals surface area contributed by atoms with Gasteiger partial charge in [0.25, 0.3) is 0 Å². The van der Waals surface area contributed by atoms with Crippen molar-refractivity contribution < 1.29 is 4.55 Å². The fourth-order valence-electron chi connectivity index (χ4n) is 0.194. The van der Waals surface area contributed by atoms with E-state index < -0.39 is 11.4 Å². The van der Waals surface area contributed by atoms with Crippen LogP contribution in [0.4, 0.5) is 0 Å². The van der Waals surface area contributed by atoms with Crippen molar-refractivity contribution in [1.82, 2.24) is 0 Å². The first-order valence-corrected chi connectivity index (χ1v) is 3.48. The third-order valence-electron chi connectivity index (χ3n) is 0.641. The van der Waals surface area contributed by atoms with Crippen LogP contribution < -0.4 is 0 Å². The zero-order valence-corrected chi connectivity index (χ0v) is 6.29. The largest absolute Gasteiger partial charge is 0.591 e. The highest BCUT2D eigenvalue weighted by molar-refractivity contribution is 7.91. The summed E-state index contributed by atoms with van der Waals surface area (Å²) in [7, 11) is 0. The Morgan fingerprint density at radius 1 is 1.50 bits per heavy atom. The van der Waals surface area contributed by atoms with Crippen LogP contribution in [0.1, 0.15) is 20.8 Å². The van der Waals surface area contributed by atoms with Gasteiger partial charge in [-0.05, 0) is 20.8 Å². The van der Waals surface area contributed by atoms with Crippen LogP contribution in [-0.4, -0.2) is 16.0 Å². The predicted molar refractivity (Wildman–Crippen MR) is 37.4 cm³/mol. The third kappa shape index (κ3) is 2.33. The molecule has 2 nitrogen and oxygen atoms in total. The topological polar surface area (TPSA) is 35.4 Å². The van der Waals surface area contributed by atoms with Gasteiger partial charge in [-0.2, -0.15) is 0 Å². The van der Waals surface area contributed by atoms with Gasteiger partial charge in [0.05, 0.1) is 11.4 Å². The monoisotopic (exact) mass is 133 g/mol. The van der Waals surface area contributed by atoms with E-state index in [0.717, 1.165) is 0 Å². The van der Waals surface area contributed by atoms with E-state index in [-0.39, 0.29) is 4.75 Å². The van der Waals surface area contributed by atoms with E-state index in [9.17, 15) is 4.55 Å². The SMILES string of the molecule is C=N[S+]([O-])C(C)(C)C. The zero-order valence-electron chi connectivity index (χ0n) is 5.47. The van der Waals surface area contributed by atoms with Crippen molar-refractivity contribution in [3.8, 4) is 0 Å². The lowest BCUT2D eigenvalue weighted by atomic mass is 10.3. The molecule has 0 spiro atoms. The first-order valence-electron chi connectivity index (χ1n) is 2.37. The molecule has 1 unspecified atom stereocenters. The second-order valence-electron chi connectivity index (χ2n) is 2.49. The van der Waals surface area contributed by atoms with Gasteiger partial charge in [0, 0.05) is 6.72 Å². The minimum Gasteiger partial charge on any atom is -0.591 e. The van der Waals surface area contributed by atoms with Gasteiger partial charge in [-0.25, -0.2) is 0 Å². The van der Waals surface area contributed by atoms with Gasteiger partial charge >= 0.3 is 0 Å². The van der Waals surface area contributed by atoms with Gasteiger partial charge in [0.2, 0.25) is 0 Å². The summed E-state index contributed by atoms with van der Waals surface area (Å²) in [5, 5.41) is 0. The van der Waals surface area contributed by atoms with Crippen LogP contribution in [0.5, 0.6) is 0 Å². The van der Waals surface area contributed by atoms with Crippen molar-refractivity contribution in [2.24, 2.45) is 4.40 Å². The van der Waals surface area contributed by atoms with E-state index in [1.54, 1.807) is 0 Å². The molecule has 0 aromatic heterocycles. The lowest BCUT2D eigenvalue weighted by Crippen LogP contribution is -2.25. The molecule has 0 N–H and O–H groups in total. The summed E-state index contributed by atoms with van der Waals surface area (Å²) in [5.74, 6) is 0. The Morgan fingerprint density at radius 2 is 1.88 bits per heavy atom. The maximum atomic E-state index is 10.7. The minimum atomic E-state index is -1.13. The summed E-state index contributed by atoms with van der Waals surface area (Å²) in [4.78, 5) is 0. The Hall–Kier alpha value is -0.0200. The molecule has 0 aromatic rings. The summed E-state index contributed by atoms with van der Waals surface area (Å²) >= 11 is -1.13. The molecule has 0 amide bonds. The van der Waals surface area contributed by atoms with Crippen LogP contribution in [0.2, 0.25) is 0 Å². The Morgan fingerprint density at radius 3 is 1.88 bits per heavy atom. The van der Waals surface area contributed by atoms with Crippen molar-refractivity contribution >= 4 is 18.1 Å². The van der Waals surface area contributed by atoms with E-state index in [0.29, 0.717) is 0 Å². The van der Waals surface area contributed by atoms with E-state index in [4.69, 9.17) is 0 Å². The Labute approximate surface area is 53.3 Å². The van der Waals surface area contributed by atoms with Crippen molar-refractivity contribution in [2.45, 2.75) is 25.5 Å². The minimum absolute atomic E-state index is 0.248. The summed E-state index contributed by atoms with van der Waals surface area (Å²) in [6.45, 7) is 8.75. The zero-order chi connectivity index (χ0) is 6.78. The first kappa shape index (κ1) is 7.98. The molecule has 48 valence electrons. The second-order valence-corrected chi connectivity index (χ2v) is 4.47. The van der Waals surface area contributed by atoms with Crippen LogP contribution in [0.15, 0.2) is 4.40 Å². The average Bonchev–Trinajstić information content (AvgIpc) is 1.62. The molecule has 0 rings (SSSR count). The van der Waals surface area contributed by atoms with Gasteiger partial charge in [-0.1, -0.05) is 4.40 Å². The van der Waals surface area contributed by atoms with Crippen molar-refractivity contribution in [2.75, 3.05) is 0 Å². The van der Waals surface area contributed by atoms with Gasteiger partial charge in [-0.15, -0.1) is 0 Å². The number of nitrogens with zero attached hydrogens (tertiary/aromatic N) is 1. The Bertz CT molecular complexity index is 86.9. The molecule has 0 aliphatic rings. The van der Waals surface area contributed by atoms with Crippen LogP contribution in [0.25, 0.3) is 0 Å². The van der Waals surface area contributed by atoms with Crippen LogP contribution in [0, 0.1) is 0 Å². The molecule has 0 fully saturated rings. The smallest absolute Gasteiger partial charge is 0.144 e. The van der Waals surface area contributed by atoms with Crippen molar-refractivity contribution in [3.63, 3.8) is 0 Å². The van der Waals surface area contributed by atoms with Crippen LogP contribution in [0.3, 0.4) is 0 Å². The Balaban J connectivity index is 3.80. The molecule has 0 saturated carbocycles. The summed E-state index contributed by atoms with van der Waals surface area (Å²) in [5.41, 5.74) is 0. The van der Waals surface area contributed by atoms with Crippen molar-refractivity contribution in [1.29, 1.82) is 0 Å². The molecule has 1 atom stereocenters. The highest BCUT2D eigenvalue weighted by atomic mass is 32.2. The highest BCUT2D eigenvalue weighted by Gasteiger charge is 2.24. The van der Waals surface area contributed by atoms with Crippen LogP contribution in [-0.2, 0) is 11.4 Å².